The van der Waals surface area contributed by atoms with Gasteiger partial charge in [-0.15, -0.1) is 0 Å². The zero-order valence-electron chi connectivity index (χ0n) is 20.8. The maximum absolute atomic E-state index is 14.8. The van der Waals surface area contributed by atoms with Crippen LogP contribution in [0.2, 0.25) is 0 Å². The number of amides is 1. The minimum Gasteiger partial charge on any atom is -0.365 e. The normalized spacial score (nSPS) is 23.6. The molecule has 4 aromatic rings. The molecule has 0 saturated carbocycles. The number of fused-ring (bicyclic) bond motifs is 4. The molecule has 8 heteroatoms. The fraction of sp³-hybridized carbons (Fsp3) is 0.0625. The minimum atomic E-state index is -2.11. The molecule has 0 fully saturated rings. The summed E-state index contributed by atoms with van der Waals surface area (Å²) in [6, 6.07) is 27.3. The second-order valence-corrected chi connectivity index (χ2v) is 10.1. The first kappa shape index (κ1) is 22.5. The Kier molecular flexibility index (Phi) is 4.24. The molecule has 8 rings (SSSR count). The van der Waals surface area contributed by atoms with Crippen molar-refractivity contribution in [1.82, 2.24) is 0 Å². The van der Waals surface area contributed by atoms with E-state index in [-0.39, 0.29) is 17.0 Å². The first-order valence-electron chi connectivity index (χ1n) is 12.8. The van der Waals surface area contributed by atoms with E-state index >= 15 is 0 Å². The van der Waals surface area contributed by atoms with Gasteiger partial charge in [-0.2, -0.15) is 0 Å². The van der Waals surface area contributed by atoms with Crippen molar-refractivity contribution in [2.75, 3.05) is 10.6 Å². The molecule has 4 aliphatic rings. The van der Waals surface area contributed by atoms with Crippen LogP contribution in [0.1, 0.15) is 36.6 Å². The first-order chi connectivity index (χ1) is 19.5. The van der Waals surface area contributed by atoms with Crippen LogP contribution in [0.4, 0.5) is 22.7 Å². The highest BCUT2D eigenvalue weighted by Gasteiger charge is 2.74. The van der Waals surface area contributed by atoms with E-state index in [0.29, 0.717) is 39.4 Å². The van der Waals surface area contributed by atoms with Crippen LogP contribution < -0.4 is 10.6 Å². The fourth-order valence-electron chi connectivity index (χ4n) is 6.53. The summed E-state index contributed by atoms with van der Waals surface area (Å²) in [5, 5.41) is 6.18. The molecular weight excluding hydrogens is 504 g/mol. The van der Waals surface area contributed by atoms with E-state index in [1.165, 1.54) is 0 Å². The summed E-state index contributed by atoms with van der Waals surface area (Å²) >= 11 is 0. The quantitative estimate of drug-likeness (QED) is 0.399. The monoisotopic (exact) mass is 522 g/mol. The van der Waals surface area contributed by atoms with Gasteiger partial charge in [-0.05, 0) is 42.5 Å². The number of rotatable bonds is 3. The van der Waals surface area contributed by atoms with Crippen LogP contribution in [0.25, 0.3) is 0 Å². The number of benzene rings is 4. The first-order valence-corrected chi connectivity index (χ1v) is 12.8. The summed E-state index contributed by atoms with van der Waals surface area (Å²) in [4.78, 5) is 67.1. The summed E-state index contributed by atoms with van der Waals surface area (Å²) in [5.41, 5.74) is -1.57. The van der Waals surface area contributed by atoms with Gasteiger partial charge in [0.25, 0.3) is 0 Å². The summed E-state index contributed by atoms with van der Waals surface area (Å²) in [5.74, 6) is -2.17. The van der Waals surface area contributed by atoms with Crippen molar-refractivity contribution in [3.8, 4) is 0 Å². The number of carbonyl (C=O) groups is 4. The fourth-order valence-corrected chi connectivity index (χ4v) is 6.53. The van der Waals surface area contributed by atoms with Gasteiger partial charge in [0.05, 0.1) is 11.4 Å². The van der Waals surface area contributed by atoms with Gasteiger partial charge in [-0.25, -0.2) is 9.98 Å². The molecular formula is C32H18N4O4. The van der Waals surface area contributed by atoms with Gasteiger partial charge in [0, 0.05) is 33.6 Å². The third-order valence-corrected chi connectivity index (χ3v) is 8.22. The van der Waals surface area contributed by atoms with Gasteiger partial charge >= 0.3 is 0 Å². The lowest BCUT2D eigenvalue weighted by atomic mass is 9.57. The number of anilines is 2. The number of nitrogens with one attached hydrogen (secondary N) is 2. The third kappa shape index (κ3) is 2.46. The van der Waals surface area contributed by atoms with Crippen molar-refractivity contribution >= 4 is 57.4 Å². The van der Waals surface area contributed by atoms with E-state index in [2.05, 4.69) is 10.6 Å². The Morgan fingerprint density at radius 3 is 1.73 bits per heavy atom. The van der Waals surface area contributed by atoms with Crippen molar-refractivity contribution in [3.05, 3.63) is 119 Å². The number of hydrogen-bond donors (Lipinski definition) is 2. The van der Waals surface area contributed by atoms with Gasteiger partial charge in [0.2, 0.25) is 17.5 Å². The number of Topliss-reactive ketones (excluding diaryl/α,β-unsaturated/α-hetero) is 3. The topological polar surface area (TPSA) is 117 Å². The zero-order valence-corrected chi connectivity index (χ0v) is 20.8. The number of aliphatic imine (C=N–C) groups is 2. The number of para-hydroxylation sites is 4. The molecule has 8 nitrogen and oxygen atoms in total. The maximum atomic E-state index is 14.8. The lowest BCUT2D eigenvalue weighted by Crippen LogP contribution is -2.72. The Morgan fingerprint density at radius 1 is 0.550 bits per heavy atom. The Labute approximate surface area is 227 Å². The molecule has 0 bridgehead atoms. The van der Waals surface area contributed by atoms with Crippen LogP contribution in [0.15, 0.2) is 107 Å². The van der Waals surface area contributed by atoms with E-state index in [1.54, 1.807) is 97.1 Å². The van der Waals surface area contributed by atoms with E-state index < -0.39 is 34.2 Å². The zero-order chi connectivity index (χ0) is 27.2. The average Bonchev–Trinajstić information content (AvgIpc) is 3.68. The molecule has 4 heterocycles. The van der Waals surface area contributed by atoms with E-state index in [0.717, 1.165) is 0 Å². The van der Waals surface area contributed by atoms with Crippen molar-refractivity contribution in [3.63, 3.8) is 0 Å². The Morgan fingerprint density at radius 2 is 1.07 bits per heavy atom. The molecule has 190 valence electrons. The molecule has 0 aliphatic carbocycles. The van der Waals surface area contributed by atoms with Gasteiger partial charge in [-0.1, -0.05) is 54.6 Å². The van der Waals surface area contributed by atoms with Crippen molar-refractivity contribution in [1.29, 1.82) is 0 Å². The van der Waals surface area contributed by atoms with Gasteiger partial charge < -0.3 is 10.6 Å². The highest BCUT2D eigenvalue weighted by atomic mass is 16.2. The van der Waals surface area contributed by atoms with Gasteiger partial charge in [0.1, 0.15) is 11.4 Å². The molecule has 2 unspecified atom stereocenters. The molecule has 4 aromatic carbocycles. The third-order valence-electron chi connectivity index (χ3n) is 8.22. The number of hydrogen-bond acceptors (Lipinski definition) is 7. The number of ketones is 3. The van der Waals surface area contributed by atoms with Crippen LogP contribution in [0.5, 0.6) is 0 Å². The second-order valence-electron chi connectivity index (χ2n) is 10.1. The summed E-state index contributed by atoms with van der Waals surface area (Å²) < 4.78 is 0. The molecule has 1 amide bonds. The Balaban J connectivity index is 1.51. The molecule has 0 spiro atoms. The summed E-state index contributed by atoms with van der Waals surface area (Å²) in [7, 11) is 0. The standard InChI is InChI=1S/C32H18N4O4/c37-25-17-9-1-5-13-21(17)33-27(25)31(20-12-4-8-16-24(20)35-30(31)40)32(29(39)19-11-3-7-15-23(19)36-32)28-26(38)18-10-2-6-14-22(18)34-28/h1-16,36H,(H,35,40). The number of nitrogens with zero attached hydrogens (tertiary/aromatic N) is 2. The molecule has 2 atom stereocenters. The minimum absolute atomic E-state index is 0.142. The van der Waals surface area contributed by atoms with E-state index in [1.807, 2.05) is 0 Å². The smallest absolute Gasteiger partial charge is 0.244 e. The molecule has 0 radical (unpaired) electrons. The highest BCUT2D eigenvalue weighted by Crippen LogP contribution is 2.55. The Bertz CT molecular complexity index is 1960. The van der Waals surface area contributed by atoms with Crippen molar-refractivity contribution in [2.45, 2.75) is 11.0 Å². The molecule has 40 heavy (non-hydrogen) atoms. The van der Waals surface area contributed by atoms with Crippen LogP contribution in [0, 0.1) is 0 Å². The Hall–Kier alpha value is -5.50. The average molecular weight is 523 g/mol. The van der Waals surface area contributed by atoms with Crippen LogP contribution in [-0.2, 0) is 10.2 Å². The van der Waals surface area contributed by atoms with Crippen LogP contribution in [-0.4, -0.2) is 40.2 Å². The second kappa shape index (κ2) is 7.54. The van der Waals surface area contributed by atoms with Crippen molar-refractivity contribution in [2.24, 2.45) is 9.98 Å². The maximum Gasteiger partial charge on any atom is 0.244 e. The lowest BCUT2D eigenvalue weighted by Gasteiger charge is -2.43. The lowest BCUT2D eigenvalue weighted by molar-refractivity contribution is -0.119. The predicted octanol–water partition coefficient (Wildman–Crippen LogP) is 4.86. The van der Waals surface area contributed by atoms with E-state index in [9.17, 15) is 19.2 Å². The molecule has 0 saturated heterocycles. The van der Waals surface area contributed by atoms with Gasteiger partial charge in [-0.3, -0.25) is 19.2 Å². The van der Waals surface area contributed by atoms with Crippen LogP contribution in [0.3, 0.4) is 0 Å². The largest absolute Gasteiger partial charge is 0.365 e. The molecule has 2 N–H and O–H groups in total. The van der Waals surface area contributed by atoms with E-state index in [4.69, 9.17) is 9.98 Å². The summed E-state index contributed by atoms with van der Waals surface area (Å²) in [6.07, 6.45) is 0. The summed E-state index contributed by atoms with van der Waals surface area (Å²) in [6.45, 7) is 0. The molecule has 0 aromatic heterocycles. The van der Waals surface area contributed by atoms with Gasteiger partial charge in [0.15, 0.2) is 16.7 Å². The highest BCUT2D eigenvalue weighted by molar-refractivity contribution is 6.65. The predicted molar refractivity (Wildman–Crippen MR) is 150 cm³/mol. The molecule has 4 aliphatic heterocycles. The van der Waals surface area contributed by atoms with Crippen molar-refractivity contribution < 1.29 is 19.2 Å². The van der Waals surface area contributed by atoms with Crippen LogP contribution >= 0.6 is 0 Å². The number of carbonyl (C=O) groups excluding carboxylic acids is 4. The SMILES string of the molecule is O=C1C(C2(C3(C4=Nc5ccccc5C4=O)C(=O)Nc4ccccc43)Nc3ccccc3C2=O)=Nc2ccccc21.